The summed E-state index contributed by atoms with van der Waals surface area (Å²) in [6, 6.07) is 13.1. The van der Waals surface area contributed by atoms with Gasteiger partial charge in [-0.15, -0.1) is 0 Å². The summed E-state index contributed by atoms with van der Waals surface area (Å²) in [4.78, 5) is 11.5. The Kier molecular flexibility index (Phi) is 5.63. The normalized spacial score (nSPS) is 11.8. The van der Waals surface area contributed by atoms with Crippen molar-refractivity contribution in [2.75, 3.05) is 13.7 Å². The van der Waals surface area contributed by atoms with Gasteiger partial charge in [-0.1, -0.05) is 24.3 Å². The third kappa shape index (κ3) is 4.49. The highest BCUT2D eigenvalue weighted by Gasteiger charge is 2.20. The van der Waals surface area contributed by atoms with Crippen molar-refractivity contribution in [2.24, 2.45) is 0 Å². The lowest BCUT2D eigenvalue weighted by molar-refractivity contribution is -0.139. The fraction of sp³-hybridized carbons (Fsp3) is 0.316. The van der Waals surface area contributed by atoms with Crippen LogP contribution in [0, 0.1) is 13.8 Å². The molecular weight excluding hydrogens is 292 g/mol. The van der Waals surface area contributed by atoms with Crippen molar-refractivity contribution in [2.45, 2.75) is 26.2 Å². The van der Waals surface area contributed by atoms with E-state index < -0.39 is 11.9 Å². The Morgan fingerprint density at radius 2 is 1.83 bits per heavy atom. The fourth-order valence-corrected chi connectivity index (χ4v) is 2.42. The molecule has 0 saturated heterocycles. The number of carboxylic acids is 1. The largest absolute Gasteiger partial charge is 0.497 e. The predicted octanol–water partition coefficient (Wildman–Crippen LogP) is 3.95. The highest BCUT2D eigenvalue weighted by atomic mass is 16.5. The summed E-state index contributed by atoms with van der Waals surface area (Å²) < 4.78 is 10.9. The van der Waals surface area contributed by atoms with Crippen molar-refractivity contribution < 1.29 is 19.4 Å². The lowest BCUT2D eigenvalue weighted by Gasteiger charge is -2.15. The molecule has 4 heteroatoms. The molecule has 1 unspecified atom stereocenters. The smallest absolute Gasteiger partial charge is 0.311 e. The molecule has 1 N–H and O–H groups in total. The van der Waals surface area contributed by atoms with E-state index in [9.17, 15) is 9.90 Å². The molecule has 2 aromatic carbocycles. The number of benzene rings is 2. The second kappa shape index (κ2) is 7.68. The summed E-state index contributed by atoms with van der Waals surface area (Å²) in [6.45, 7) is 4.34. The maximum Gasteiger partial charge on any atom is 0.311 e. The molecule has 0 aliphatic carbocycles. The van der Waals surface area contributed by atoms with Gasteiger partial charge in [0.2, 0.25) is 0 Å². The van der Waals surface area contributed by atoms with Crippen LogP contribution in [0.2, 0.25) is 0 Å². The van der Waals surface area contributed by atoms with Gasteiger partial charge in [0.25, 0.3) is 0 Å². The zero-order chi connectivity index (χ0) is 16.8. The molecule has 0 spiro atoms. The third-order valence-corrected chi connectivity index (χ3v) is 3.82. The number of aliphatic carboxylic acids is 1. The summed E-state index contributed by atoms with van der Waals surface area (Å²) in [7, 11) is 1.59. The summed E-state index contributed by atoms with van der Waals surface area (Å²) in [5, 5.41) is 9.46. The van der Waals surface area contributed by atoms with Crippen LogP contribution >= 0.6 is 0 Å². The van der Waals surface area contributed by atoms with Crippen LogP contribution in [0.4, 0.5) is 0 Å². The average Bonchev–Trinajstić information content (AvgIpc) is 2.54. The van der Waals surface area contributed by atoms with E-state index in [0.29, 0.717) is 18.8 Å². The zero-order valence-electron chi connectivity index (χ0n) is 13.7. The Labute approximate surface area is 136 Å². The third-order valence-electron chi connectivity index (χ3n) is 3.82. The van der Waals surface area contributed by atoms with Gasteiger partial charge < -0.3 is 14.6 Å². The monoisotopic (exact) mass is 314 g/mol. The van der Waals surface area contributed by atoms with Crippen LogP contribution in [0.3, 0.4) is 0 Å². The van der Waals surface area contributed by atoms with E-state index in [0.717, 1.165) is 22.4 Å². The number of carboxylic acid groups (broad SMARTS) is 1. The van der Waals surface area contributed by atoms with Crippen LogP contribution in [0.1, 0.15) is 29.0 Å². The molecule has 2 aromatic rings. The number of ether oxygens (including phenoxy) is 2. The van der Waals surface area contributed by atoms with Crippen LogP contribution in [0.15, 0.2) is 42.5 Å². The van der Waals surface area contributed by atoms with Gasteiger partial charge in [0, 0.05) is 0 Å². The van der Waals surface area contributed by atoms with Crippen molar-refractivity contribution >= 4 is 5.97 Å². The van der Waals surface area contributed by atoms with Crippen LogP contribution in [-0.2, 0) is 4.79 Å². The first-order valence-electron chi connectivity index (χ1n) is 7.58. The summed E-state index contributed by atoms with van der Waals surface area (Å²) in [5.41, 5.74) is 2.92. The minimum Gasteiger partial charge on any atom is -0.497 e. The van der Waals surface area contributed by atoms with Gasteiger partial charge in [-0.25, -0.2) is 0 Å². The molecule has 4 nitrogen and oxygen atoms in total. The van der Waals surface area contributed by atoms with E-state index in [4.69, 9.17) is 9.47 Å². The van der Waals surface area contributed by atoms with Crippen LogP contribution in [0.5, 0.6) is 11.5 Å². The molecule has 0 bridgehead atoms. The molecule has 0 aliphatic rings. The van der Waals surface area contributed by atoms with Crippen LogP contribution < -0.4 is 9.47 Å². The van der Waals surface area contributed by atoms with E-state index in [1.807, 2.05) is 32.0 Å². The van der Waals surface area contributed by atoms with Gasteiger partial charge in [-0.3, -0.25) is 4.79 Å². The van der Waals surface area contributed by atoms with E-state index in [1.54, 1.807) is 31.4 Å². The van der Waals surface area contributed by atoms with E-state index in [2.05, 4.69) is 0 Å². The second-order valence-corrected chi connectivity index (χ2v) is 5.57. The first-order valence-corrected chi connectivity index (χ1v) is 7.58. The summed E-state index contributed by atoms with van der Waals surface area (Å²) in [6.07, 6.45) is 0.412. The molecule has 0 radical (unpaired) electrons. The second-order valence-electron chi connectivity index (χ2n) is 5.57. The minimum atomic E-state index is -0.847. The number of methoxy groups -OCH3 is 1. The number of hydrogen-bond donors (Lipinski definition) is 1. The highest BCUT2D eigenvalue weighted by molar-refractivity contribution is 5.76. The Hall–Kier alpha value is -2.49. The van der Waals surface area contributed by atoms with Crippen molar-refractivity contribution in [1.82, 2.24) is 0 Å². The zero-order valence-corrected chi connectivity index (χ0v) is 13.7. The number of aryl methyl sites for hydroxylation is 2. The van der Waals surface area contributed by atoms with Crippen molar-refractivity contribution in [1.29, 1.82) is 0 Å². The summed E-state index contributed by atoms with van der Waals surface area (Å²) in [5.74, 6) is 0.0825. The first-order chi connectivity index (χ1) is 11.0. The molecule has 0 heterocycles. The number of rotatable bonds is 7. The average molecular weight is 314 g/mol. The minimum absolute atomic E-state index is 0.354. The van der Waals surface area contributed by atoms with Gasteiger partial charge in [0.05, 0.1) is 19.6 Å². The van der Waals surface area contributed by atoms with Crippen molar-refractivity contribution in [3.63, 3.8) is 0 Å². The van der Waals surface area contributed by atoms with Gasteiger partial charge in [-0.05, 0) is 55.2 Å². The van der Waals surface area contributed by atoms with E-state index in [1.165, 1.54) is 0 Å². The van der Waals surface area contributed by atoms with Gasteiger partial charge in [-0.2, -0.15) is 0 Å². The maximum atomic E-state index is 11.5. The fourth-order valence-electron chi connectivity index (χ4n) is 2.42. The Morgan fingerprint density at radius 1 is 1.13 bits per heavy atom. The molecule has 0 saturated carbocycles. The lowest BCUT2D eigenvalue weighted by atomic mass is 9.96. The molecule has 0 amide bonds. The van der Waals surface area contributed by atoms with Crippen molar-refractivity contribution in [3.05, 3.63) is 59.2 Å². The van der Waals surface area contributed by atoms with Crippen LogP contribution in [-0.4, -0.2) is 24.8 Å². The molecule has 122 valence electrons. The molecule has 1 atom stereocenters. The Bertz CT molecular complexity index is 662. The standard InChI is InChI=1S/C19H22O4/c1-13-4-5-14(2)18(12-13)23-11-10-17(19(20)21)15-6-8-16(22-3)9-7-15/h4-9,12,17H,10-11H2,1-3H3,(H,20,21). The maximum absolute atomic E-state index is 11.5. The topological polar surface area (TPSA) is 55.8 Å². The van der Waals surface area contributed by atoms with Gasteiger partial charge >= 0.3 is 5.97 Å². The van der Waals surface area contributed by atoms with E-state index >= 15 is 0 Å². The molecule has 0 aliphatic heterocycles. The molecular formula is C19H22O4. The molecule has 23 heavy (non-hydrogen) atoms. The highest BCUT2D eigenvalue weighted by Crippen LogP contribution is 2.24. The first kappa shape index (κ1) is 16.9. The summed E-state index contributed by atoms with van der Waals surface area (Å²) >= 11 is 0. The number of carbonyl (C=O) groups is 1. The molecule has 0 fully saturated rings. The quantitative estimate of drug-likeness (QED) is 0.840. The Balaban J connectivity index is 2.02. The Morgan fingerprint density at radius 3 is 2.43 bits per heavy atom. The van der Waals surface area contributed by atoms with E-state index in [-0.39, 0.29) is 0 Å². The van der Waals surface area contributed by atoms with Gasteiger partial charge in [0.15, 0.2) is 0 Å². The molecule has 2 rings (SSSR count). The lowest BCUT2D eigenvalue weighted by Crippen LogP contribution is -2.15. The van der Waals surface area contributed by atoms with Crippen molar-refractivity contribution in [3.8, 4) is 11.5 Å². The van der Waals surface area contributed by atoms with Gasteiger partial charge in [0.1, 0.15) is 11.5 Å². The number of hydrogen-bond acceptors (Lipinski definition) is 3. The van der Waals surface area contributed by atoms with Crippen LogP contribution in [0.25, 0.3) is 0 Å². The SMILES string of the molecule is COc1ccc(C(CCOc2cc(C)ccc2C)C(=O)O)cc1. The molecule has 0 aromatic heterocycles. The predicted molar refractivity (Wildman–Crippen MR) is 89.4 cm³/mol.